The normalized spacial score (nSPS) is 16.7. The lowest BCUT2D eigenvalue weighted by Crippen LogP contribution is -1.82. The molecule has 3 rings (SSSR count). The standard InChI is InChI=1S/C10H9ClN2/c11-8-3-7-5-12-13-10(7)9(4-8)6-1-2-6/h3-6H,1-2H2,(H,12,13). The summed E-state index contributed by atoms with van der Waals surface area (Å²) in [6.07, 6.45) is 4.40. The lowest BCUT2D eigenvalue weighted by atomic mass is 10.1. The molecule has 3 heteroatoms. The molecule has 0 spiro atoms. The molecular weight excluding hydrogens is 184 g/mol. The van der Waals surface area contributed by atoms with Gasteiger partial charge in [-0.1, -0.05) is 11.6 Å². The summed E-state index contributed by atoms with van der Waals surface area (Å²) < 4.78 is 0. The summed E-state index contributed by atoms with van der Waals surface area (Å²) in [7, 11) is 0. The number of hydrogen-bond acceptors (Lipinski definition) is 1. The minimum Gasteiger partial charge on any atom is -0.278 e. The number of rotatable bonds is 1. The van der Waals surface area contributed by atoms with Crippen LogP contribution in [-0.4, -0.2) is 10.2 Å². The number of halogens is 1. The Labute approximate surface area is 80.9 Å². The molecule has 0 saturated heterocycles. The first-order chi connectivity index (χ1) is 6.34. The number of aromatic amines is 1. The predicted octanol–water partition coefficient (Wildman–Crippen LogP) is 3.09. The van der Waals surface area contributed by atoms with E-state index in [4.69, 9.17) is 11.6 Å². The van der Waals surface area contributed by atoms with Gasteiger partial charge in [0.15, 0.2) is 0 Å². The van der Waals surface area contributed by atoms with Crippen molar-refractivity contribution in [1.29, 1.82) is 0 Å². The van der Waals surface area contributed by atoms with Crippen molar-refractivity contribution in [2.45, 2.75) is 18.8 Å². The molecule has 66 valence electrons. The summed E-state index contributed by atoms with van der Waals surface area (Å²) in [4.78, 5) is 0. The van der Waals surface area contributed by atoms with Gasteiger partial charge in [0.25, 0.3) is 0 Å². The number of nitrogens with one attached hydrogen (secondary N) is 1. The van der Waals surface area contributed by atoms with Crippen molar-refractivity contribution in [3.05, 3.63) is 28.9 Å². The molecule has 13 heavy (non-hydrogen) atoms. The van der Waals surface area contributed by atoms with E-state index in [1.54, 1.807) is 0 Å². The maximum Gasteiger partial charge on any atom is 0.0686 e. The van der Waals surface area contributed by atoms with E-state index in [1.165, 1.54) is 18.4 Å². The lowest BCUT2D eigenvalue weighted by molar-refractivity contribution is 1.08. The average Bonchev–Trinajstić information content (AvgIpc) is 2.84. The van der Waals surface area contributed by atoms with Crippen molar-refractivity contribution in [1.82, 2.24) is 10.2 Å². The summed E-state index contributed by atoms with van der Waals surface area (Å²) >= 11 is 6.01. The molecule has 0 radical (unpaired) electrons. The van der Waals surface area contributed by atoms with Gasteiger partial charge in [-0.25, -0.2) is 0 Å². The third kappa shape index (κ3) is 1.13. The second-order valence-electron chi connectivity index (χ2n) is 3.60. The molecule has 1 heterocycles. The largest absolute Gasteiger partial charge is 0.278 e. The molecule has 1 N–H and O–H groups in total. The van der Waals surface area contributed by atoms with Gasteiger partial charge in [0.1, 0.15) is 0 Å². The highest BCUT2D eigenvalue weighted by Gasteiger charge is 2.26. The summed E-state index contributed by atoms with van der Waals surface area (Å²) in [5, 5.41) is 8.99. The van der Waals surface area contributed by atoms with Crippen LogP contribution in [0.5, 0.6) is 0 Å². The fraction of sp³-hybridized carbons (Fsp3) is 0.300. The molecule has 1 fully saturated rings. The first-order valence-corrected chi connectivity index (χ1v) is 4.85. The highest BCUT2D eigenvalue weighted by Crippen LogP contribution is 2.43. The summed E-state index contributed by atoms with van der Waals surface area (Å²) in [6.45, 7) is 0. The Kier molecular flexibility index (Phi) is 1.41. The van der Waals surface area contributed by atoms with E-state index in [9.17, 15) is 0 Å². The van der Waals surface area contributed by atoms with Crippen LogP contribution in [0.25, 0.3) is 10.9 Å². The van der Waals surface area contributed by atoms with E-state index in [0.717, 1.165) is 15.9 Å². The van der Waals surface area contributed by atoms with Crippen LogP contribution in [0.15, 0.2) is 18.3 Å². The first kappa shape index (κ1) is 7.39. The quantitative estimate of drug-likeness (QED) is 0.739. The SMILES string of the molecule is Clc1cc(C2CC2)c2[nH]ncc2c1. The van der Waals surface area contributed by atoms with Crippen molar-refractivity contribution in [3.8, 4) is 0 Å². The maximum atomic E-state index is 6.01. The molecule has 1 saturated carbocycles. The van der Waals surface area contributed by atoms with Crippen molar-refractivity contribution in [3.63, 3.8) is 0 Å². The average molecular weight is 193 g/mol. The Bertz CT molecular complexity index is 457. The number of nitrogens with zero attached hydrogens (tertiary/aromatic N) is 1. The second-order valence-corrected chi connectivity index (χ2v) is 4.04. The van der Waals surface area contributed by atoms with Gasteiger partial charge in [-0.05, 0) is 36.5 Å². The van der Waals surface area contributed by atoms with Crippen LogP contribution in [0.2, 0.25) is 5.02 Å². The number of fused-ring (bicyclic) bond motifs is 1. The zero-order valence-electron chi connectivity index (χ0n) is 7.05. The van der Waals surface area contributed by atoms with Crippen LogP contribution < -0.4 is 0 Å². The van der Waals surface area contributed by atoms with Crippen LogP contribution in [0.1, 0.15) is 24.3 Å². The summed E-state index contributed by atoms with van der Waals surface area (Å²) in [5.41, 5.74) is 2.49. The molecule has 0 atom stereocenters. The van der Waals surface area contributed by atoms with Crippen molar-refractivity contribution < 1.29 is 0 Å². The van der Waals surface area contributed by atoms with Crippen LogP contribution in [0.3, 0.4) is 0 Å². The highest BCUT2D eigenvalue weighted by atomic mass is 35.5. The minimum atomic E-state index is 0.710. The third-order valence-electron chi connectivity index (χ3n) is 2.56. The molecule has 1 aliphatic carbocycles. The Balaban J connectivity index is 2.33. The van der Waals surface area contributed by atoms with Gasteiger partial charge in [-0.15, -0.1) is 0 Å². The minimum absolute atomic E-state index is 0.710. The van der Waals surface area contributed by atoms with Gasteiger partial charge in [0.2, 0.25) is 0 Å². The van der Waals surface area contributed by atoms with Gasteiger partial charge < -0.3 is 0 Å². The Morgan fingerprint density at radius 2 is 2.23 bits per heavy atom. The topological polar surface area (TPSA) is 28.7 Å². The molecule has 0 amide bonds. The molecule has 2 aromatic rings. The van der Waals surface area contributed by atoms with E-state index < -0.39 is 0 Å². The molecule has 0 aliphatic heterocycles. The van der Waals surface area contributed by atoms with Crippen LogP contribution in [-0.2, 0) is 0 Å². The predicted molar refractivity (Wildman–Crippen MR) is 53.1 cm³/mol. The van der Waals surface area contributed by atoms with Crippen molar-refractivity contribution in [2.75, 3.05) is 0 Å². The van der Waals surface area contributed by atoms with Crippen molar-refractivity contribution in [2.24, 2.45) is 0 Å². The number of hydrogen-bond donors (Lipinski definition) is 1. The zero-order chi connectivity index (χ0) is 8.84. The van der Waals surface area contributed by atoms with Gasteiger partial charge >= 0.3 is 0 Å². The first-order valence-electron chi connectivity index (χ1n) is 4.47. The zero-order valence-corrected chi connectivity index (χ0v) is 7.80. The van der Waals surface area contributed by atoms with E-state index >= 15 is 0 Å². The van der Waals surface area contributed by atoms with Crippen LogP contribution in [0, 0.1) is 0 Å². The van der Waals surface area contributed by atoms with Crippen LogP contribution >= 0.6 is 11.6 Å². The van der Waals surface area contributed by atoms with Crippen LogP contribution in [0.4, 0.5) is 0 Å². The number of benzene rings is 1. The van der Waals surface area contributed by atoms with E-state index in [1.807, 2.05) is 12.3 Å². The van der Waals surface area contributed by atoms with Crippen molar-refractivity contribution >= 4 is 22.5 Å². The third-order valence-corrected chi connectivity index (χ3v) is 2.78. The van der Waals surface area contributed by atoms with Gasteiger partial charge in [-0.3, -0.25) is 5.10 Å². The molecule has 1 aliphatic rings. The smallest absolute Gasteiger partial charge is 0.0686 e. The number of aromatic nitrogens is 2. The summed E-state index contributed by atoms with van der Waals surface area (Å²) in [6, 6.07) is 4.01. The molecule has 2 nitrogen and oxygen atoms in total. The highest BCUT2D eigenvalue weighted by molar-refractivity contribution is 6.31. The molecule has 0 unspecified atom stereocenters. The second kappa shape index (κ2) is 2.48. The number of H-pyrrole nitrogens is 1. The molecule has 0 bridgehead atoms. The Hall–Kier alpha value is -1.02. The molecule has 1 aromatic carbocycles. The van der Waals surface area contributed by atoms with E-state index in [2.05, 4.69) is 16.3 Å². The maximum absolute atomic E-state index is 6.01. The van der Waals surface area contributed by atoms with Gasteiger partial charge in [-0.2, -0.15) is 5.10 Å². The lowest BCUT2D eigenvalue weighted by Gasteiger charge is -2.00. The monoisotopic (exact) mass is 192 g/mol. The summed E-state index contributed by atoms with van der Waals surface area (Å²) in [5.74, 6) is 0.710. The van der Waals surface area contributed by atoms with E-state index in [-0.39, 0.29) is 0 Å². The fourth-order valence-electron chi connectivity index (χ4n) is 1.76. The Morgan fingerprint density at radius 3 is 3.00 bits per heavy atom. The molecular formula is C10H9ClN2. The molecule has 1 aromatic heterocycles. The van der Waals surface area contributed by atoms with Gasteiger partial charge in [0.05, 0.1) is 11.7 Å². The van der Waals surface area contributed by atoms with Gasteiger partial charge in [0, 0.05) is 10.4 Å². The Morgan fingerprint density at radius 1 is 1.38 bits per heavy atom. The fourth-order valence-corrected chi connectivity index (χ4v) is 2.00. The van der Waals surface area contributed by atoms with E-state index in [0.29, 0.717) is 5.92 Å².